The summed E-state index contributed by atoms with van der Waals surface area (Å²) in [7, 11) is 0. The molecule has 8 aromatic carbocycles. The number of aliphatic hydroxyl groups is 7. The van der Waals surface area contributed by atoms with E-state index < -0.39 is 96.1 Å². The van der Waals surface area contributed by atoms with Gasteiger partial charge in [-0.2, -0.15) is 0 Å². The van der Waals surface area contributed by atoms with Gasteiger partial charge >= 0.3 is 24.2 Å². The van der Waals surface area contributed by atoms with E-state index in [1.807, 2.05) is 126 Å². The number of phenolic OH excluding ortho intramolecular Hbond substituents is 3. The molecular formula is C104H133N3O27S. The number of carbonyl (C=O) groups is 4. The molecule has 0 bridgehead atoms. The summed E-state index contributed by atoms with van der Waals surface area (Å²) >= 11 is 1.34. The Hall–Kier alpha value is -11.2. The fourth-order valence-corrected chi connectivity index (χ4v) is 15.6. The van der Waals surface area contributed by atoms with Gasteiger partial charge in [0.1, 0.15) is 115 Å². The molecule has 3 fully saturated rings. The van der Waals surface area contributed by atoms with Gasteiger partial charge < -0.3 is 113 Å². The lowest BCUT2D eigenvalue weighted by atomic mass is 9.89. The molecule has 13 N–H and O–H groups in total. The number of aliphatic hydroxyl groups excluding tert-OH is 7. The van der Waals surface area contributed by atoms with Crippen LogP contribution in [0.5, 0.6) is 17.2 Å². The molecule has 732 valence electrons. The number of rotatable bonds is 32. The third kappa shape index (κ3) is 32.5. The van der Waals surface area contributed by atoms with Crippen LogP contribution in [0, 0.1) is 12.8 Å². The number of phenols is 3. The molecule has 30 nitrogen and oxygen atoms in total. The normalized spacial score (nSPS) is 17.5. The molecule has 7 unspecified atom stereocenters. The largest absolute Gasteiger partial charge is 0.509 e. The van der Waals surface area contributed by atoms with Crippen molar-refractivity contribution < 1.29 is 122 Å². The molecule has 0 radical (unpaired) electrons. The Morgan fingerprint density at radius 1 is 0.644 bits per heavy atom. The number of esters is 2. The highest BCUT2D eigenvalue weighted by molar-refractivity contribution is 7.13. The van der Waals surface area contributed by atoms with Gasteiger partial charge in [-0.15, -0.1) is 0 Å². The summed E-state index contributed by atoms with van der Waals surface area (Å²) in [6.07, 6.45) is 0.151. The summed E-state index contributed by atoms with van der Waals surface area (Å²) in [5.74, 6) is -1.34. The predicted molar refractivity (Wildman–Crippen MR) is 514 cm³/mol. The number of likely N-dealkylation sites (N-methyl/N-ethyl adjacent to an activating group) is 1. The zero-order chi connectivity index (χ0) is 98.4. The molecule has 2 aromatic heterocycles. The molecule has 3 aliphatic heterocycles. The fourth-order valence-electron chi connectivity index (χ4n) is 14.9. The Labute approximate surface area is 791 Å². The van der Waals surface area contributed by atoms with Gasteiger partial charge in [-0.25, -0.2) is 9.59 Å². The molecule has 0 saturated carbocycles. The van der Waals surface area contributed by atoms with Gasteiger partial charge in [0.05, 0.1) is 55.3 Å². The Morgan fingerprint density at radius 2 is 1.26 bits per heavy atom. The molecule has 31 heteroatoms. The Bertz CT molecular complexity index is 5550. The number of nitrogens with one attached hydrogen (secondary N) is 1. The second kappa shape index (κ2) is 55.7. The van der Waals surface area contributed by atoms with Crippen molar-refractivity contribution in [1.29, 1.82) is 0 Å². The van der Waals surface area contributed by atoms with Crippen LogP contribution in [0.25, 0.3) is 38.5 Å². The number of hydrogen-bond donors (Lipinski definition) is 12. The second-order valence-corrected chi connectivity index (χ2v) is 33.7. The number of aromatic nitrogens is 1. The van der Waals surface area contributed by atoms with E-state index in [2.05, 4.69) is 97.2 Å². The Balaban J connectivity index is 0.000000197. The smallest absolute Gasteiger partial charge is 0.508 e. The molecule has 135 heavy (non-hydrogen) atoms. The van der Waals surface area contributed by atoms with E-state index in [-0.39, 0.29) is 85.0 Å². The number of hydrogen-bond acceptors (Lipinski definition) is 30. The molecular weight excluding hydrogens is 1760 g/mol. The highest BCUT2D eigenvalue weighted by Gasteiger charge is 2.46. The molecule has 14 rings (SSSR count). The number of aromatic amines is 1. The van der Waals surface area contributed by atoms with E-state index in [1.54, 1.807) is 26.0 Å². The van der Waals surface area contributed by atoms with E-state index in [0.717, 1.165) is 131 Å². The first-order chi connectivity index (χ1) is 64.9. The zero-order valence-corrected chi connectivity index (χ0v) is 79.8. The Kier molecular flexibility index (Phi) is 45.0. The maximum absolute atomic E-state index is 12.8. The van der Waals surface area contributed by atoms with E-state index in [1.165, 1.54) is 45.9 Å². The number of carbonyl (C=O) groups excluding carboxylic acids is 4. The SMILES string of the molecule is CCCC(=O)OC(CC)c1cccc(CC)c1.CCN(CC)CCOC(CO)c1ccc2c(c1)C=CC2.CCOC(=O)OCC(O)c1cccc(CC)c1.CCc1cccc(C(O)COC(=O)C(N)CC(C)C)c1.CCc1cccc(C2COC(=O)O2)c1.Cc1cc(-c2cc(=O)c3c(O)c(C4O[C@H](CO)[C@@H](O)[C@H](O)[C@H]4O)c(O)cc3o2)ccc1O.O=c1[nH]sc2cc(C3OCCO3)ccc12. The van der Waals surface area contributed by atoms with Crippen molar-refractivity contribution in [1.82, 2.24) is 9.27 Å². The molecule has 0 amide bonds. The van der Waals surface area contributed by atoms with Crippen molar-refractivity contribution >= 4 is 62.9 Å². The minimum Gasteiger partial charge on any atom is -0.508 e. The summed E-state index contributed by atoms with van der Waals surface area (Å²) < 4.78 is 61.0. The number of fused-ring (bicyclic) bond motifs is 3. The molecule has 3 saturated heterocycles. The first-order valence-corrected chi connectivity index (χ1v) is 46.9. The molecule has 1 aliphatic carbocycles. The van der Waals surface area contributed by atoms with Crippen LogP contribution in [-0.4, -0.2) is 194 Å². The van der Waals surface area contributed by atoms with Crippen molar-refractivity contribution in [2.24, 2.45) is 11.7 Å². The highest BCUT2D eigenvalue weighted by Crippen LogP contribution is 2.45. The molecule has 5 heterocycles. The molecule has 11 atom stereocenters. The predicted octanol–water partition coefficient (Wildman–Crippen LogP) is 15.8. The summed E-state index contributed by atoms with van der Waals surface area (Å²) in [5.41, 5.74) is 18.6. The Morgan fingerprint density at radius 3 is 1.84 bits per heavy atom. The fraction of sp³-hybridized carbons (Fsp3) is 0.442. The second-order valence-electron chi connectivity index (χ2n) is 32.8. The van der Waals surface area contributed by atoms with Gasteiger partial charge in [-0.05, 0) is 187 Å². The van der Waals surface area contributed by atoms with Gasteiger partial charge in [0, 0.05) is 36.2 Å². The van der Waals surface area contributed by atoms with E-state index in [0.29, 0.717) is 56.3 Å². The van der Waals surface area contributed by atoms with Crippen LogP contribution < -0.4 is 16.7 Å². The third-order valence-electron chi connectivity index (χ3n) is 22.7. The quantitative estimate of drug-likeness (QED) is 0.0138. The molecule has 4 aliphatic rings. The zero-order valence-electron chi connectivity index (χ0n) is 78.9. The van der Waals surface area contributed by atoms with Crippen molar-refractivity contribution in [3.05, 3.63) is 268 Å². The number of ether oxygens (including phenoxy) is 10. The first kappa shape index (κ1) is 109. The lowest BCUT2D eigenvalue weighted by molar-refractivity contribution is -0.232. The standard InChI is InChI=1S/C22H22O10.C17H25NO2.C16H25NO3.C15H22O2.C13H18O4.C11H12O3.C10H9NO3S/c1-8-4-9(2-3-10(8)24)13-5-11(25)16-14(31-13)6-12(26)17(19(16)28)22-21(30)20(29)18(27)15(7-23)32-22;1-3-18(4-2)10-11-20-17(13-19)16-9-8-14-6-5-7-15(14)12-16;1-4-12-6-5-7-13(9-12)15(18)10-20-16(19)14(17)8-11(2)3;1-4-8-15(16)17-14(6-3)13-10-7-9-12(5-2)11-13;1-3-10-6-5-7-11(8-10)12(14)9-17-13(15)16-4-2;1-2-8-4-3-5-9(6-8)10-7-13-11(12)14-10;12-9-7-2-1-6(5-8(7)15-11-9)10-13-3-4-14-10/h2-6,15,18,20-24,26-30H,7H2,1H3;5,7-9,12,17,19H,3-4,6,10-11,13H2,1-2H3;5-7,9,11,14-15,18H,4,8,10,17H2,1-3H3;7,9-11,14H,4-6,8H2,1-3H3;5-8,12,14H,3-4,9H2,1-2H3;3-6,10H,2,7H2,1H3;1-2,5,10H,3-4H2,(H,11,12)/t15-,18-,20+,21-,22?;;;;;;/m1....../s1. The van der Waals surface area contributed by atoms with Crippen LogP contribution in [0.1, 0.15) is 223 Å². The minimum absolute atomic E-state index is 0.0285. The van der Waals surface area contributed by atoms with Gasteiger partial charge in [0.2, 0.25) is 0 Å². The monoisotopic (exact) mass is 1890 g/mol. The van der Waals surface area contributed by atoms with Gasteiger partial charge in [0.15, 0.2) is 17.8 Å². The summed E-state index contributed by atoms with van der Waals surface area (Å²) in [4.78, 5) is 71.3. The first-order valence-electron chi connectivity index (χ1n) is 46.0. The number of aromatic hydroxyl groups is 3. The van der Waals surface area contributed by atoms with E-state index in [9.17, 15) is 79.8 Å². The summed E-state index contributed by atoms with van der Waals surface area (Å²) in [6.45, 7) is 28.7. The van der Waals surface area contributed by atoms with Crippen molar-refractivity contribution in [3.63, 3.8) is 0 Å². The van der Waals surface area contributed by atoms with Crippen LogP contribution in [-0.2, 0) is 89.1 Å². The van der Waals surface area contributed by atoms with Gasteiger partial charge in [-0.3, -0.25) is 23.6 Å². The third-order valence-corrected chi connectivity index (χ3v) is 23.5. The van der Waals surface area contributed by atoms with E-state index in [4.69, 9.17) is 52.8 Å². The van der Waals surface area contributed by atoms with Crippen LogP contribution in [0.15, 0.2) is 184 Å². The lowest BCUT2D eigenvalue weighted by Crippen LogP contribution is -2.55. The van der Waals surface area contributed by atoms with Crippen molar-refractivity contribution in [2.45, 2.75) is 214 Å². The number of nitrogens with two attached hydrogens (primary N) is 1. The van der Waals surface area contributed by atoms with Crippen molar-refractivity contribution in [3.8, 4) is 28.6 Å². The summed E-state index contributed by atoms with van der Waals surface area (Å²) in [5, 5.41) is 101. The van der Waals surface area contributed by atoms with Crippen LogP contribution >= 0.6 is 11.5 Å². The highest BCUT2D eigenvalue weighted by atomic mass is 32.1. The average molecular weight is 1890 g/mol. The average Bonchev–Trinajstić information content (AvgIpc) is 1.52. The number of nitrogens with zero attached hydrogens (tertiary/aromatic N) is 1. The van der Waals surface area contributed by atoms with Gasteiger partial charge in [0.25, 0.3) is 5.56 Å². The van der Waals surface area contributed by atoms with Gasteiger partial charge in [-0.1, -0.05) is 208 Å². The number of benzene rings is 8. The molecule has 0 spiro atoms. The number of cyclic esters (lactones) is 2. The van der Waals surface area contributed by atoms with Crippen LogP contribution in [0.3, 0.4) is 0 Å². The maximum atomic E-state index is 12.8. The van der Waals surface area contributed by atoms with E-state index >= 15 is 0 Å². The maximum Gasteiger partial charge on any atom is 0.509 e. The summed E-state index contributed by atoms with van der Waals surface area (Å²) in [6, 6.07) is 49.7. The lowest BCUT2D eigenvalue weighted by Gasteiger charge is -2.40. The molecule has 10 aromatic rings. The number of aryl methyl sites for hydroxylation is 5. The van der Waals surface area contributed by atoms with Crippen molar-refractivity contribution in [2.75, 3.05) is 79.1 Å². The minimum atomic E-state index is -1.77. The number of H-pyrrole nitrogens is 1. The van der Waals surface area contributed by atoms with Crippen LogP contribution in [0.4, 0.5) is 9.59 Å². The number of allylic oxidation sites excluding steroid dienone is 1. The van der Waals surface area contributed by atoms with Crippen LogP contribution in [0.2, 0.25) is 0 Å². The topological polar surface area (TPSA) is 455 Å².